The molecule has 3 aromatic rings. The number of rotatable bonds is 5. The Bertz CT molecular complexity index is 952. The number of likely N-dealkylation sites (N-methyl/N-ethyl adjacent to an activating group) is 1. The number of hydrogen-bond acceptors (Lipinski definition) is 5. The van der Waals surface area contributed by atoms with Gasteiger partial charge in [0.2, 0.25) is 0 Å². The molecule has 27 heavy (non-hydrogen) atoms. The van der Waals surface area contributed by atoms with Crippen LogP contribution in [0.5, 0.6) is 0 Å². The third-order valence-corrected chi connectivity index (χ3v) is 6.70. The first-order valence-electron chi connectivity index (χ1n) is 9.15. The van der Waals surface area contributed by atoms with Crippen molar-refractivity contribution < 1.29 is 4.39 Å². The van der Waals surface area contributed by atoms with Crippen molar-refractivity contribution in [1.29, 1.82) is 0 Å². The van der Waals surface area contributed by atoms with Gasteiger partial charge in [0.15, 0.2) is 0 Å². The van der Waals surface area contributed by atoms with Gasteiger partial charge in [-0.25, -0.2) is 14.4 Å². The maximum Gasteiger partial charge on any atom is 0.138 e. The van der Waals surface area contributed by atoms with Gasteiger partial charge in [0, 0.05) is 22.0 Å². The van der Waals surface area contributed by atoms with Crippen LogP contribution < -0.4 is 5.32 Å². The standard InChI is InChI=1S/C20H22ClFN4S/c1-26(2)15(18-13(21)7-5-8-14(18)22)10-23-19-17-12-6-3-4-9-16(12)27-20(17)25-11-24-19/h5,7-8,11,15H,3-4,6,9-10H2,1-2H3,(H,23,24,25)/t15-/m1/s1. The van der Waals surface area contributed by atoms with Crippen LogP contribution in [0.15, 0.2) is 24.5 Å². The van der Waals surface area contributed by atoms with Gasteiger partial charge in [0.25, 0.3) is 0 Å². The van der Waals surface area contributed by atoms with E-state index in [9.17, 15) is 4.39 Å². The molecule has 1 atom stereocenters. The van der Waals surface area contributed by atoms with Gasteiger partial charge >= 0.3 is 0 Å². The normalized spacial score (nSPS) is 15.1. The molecule has 2 heterocycles. The molecule has 2 aromatic heterocycles. The topological polar surface area (TPSA) is 41.0 Å². The second-order valence-electron chi connectivity index (χ2n) is 7.11. The molecular weight excluding hydrogens is 383 g/mol. The fourth-order valence-electron chi connectivity index (χ4n) is 3.79. The van der Waals surface area contributed by atoms with E-state index in [0.717, 1.165) is 28.9 Å². The lowest BCUT2D eigenvalue weighted by molar-refractivity contribution is 0.304. The first-order valence-corrected chi connectivity index (χ1v) is 10.3. The van der Waals surface area contributed by atoms with Gasteiger partial charge in [0.1, 0.15) is 22.8 Å². The molecule has 0 amide bonds. The van der Waals surface area contributed by atoms with Crippen LogP contribution in [0.1, 0.15) is 34.9 Å². The Morgan fingerprint density at radius 2 is 2.07 bits per heavy atom. The molecule has 0 fully saturated rings. The number of hydrogen-bond donors (Lipinski definition) is 1. The minimum atomic E-state index is -0.288. The van der Waals surface area contributed by atoms with Crippen LogP contribution in [0.4, 0.5) is 10.2 Å². The summed E-state index contributed by atoms with van der Waals surface area (Å²) < 4.78 is 14.5. The second-order valence-corrected chi connectivity index (χ2v) is 8.60. The third kappa shape index (κ3) is 3.53. The highest BCUT2D eigenvalue weighted by atomic mass is 35.5. The zero-order valence-electron chi connectivity index (χ0n) is 15.4. The average Bonchev–Trinajstić information content (AvgIpc) is 3.03. The minimum Gasteiger partial charge on any atom is -0.367 e. The van der Waals surface area contributed by atoms with Gasteiger partial charge in [-0.1, -0.05) is 17.7 Å². The molecule has 0 saturated heterocycles. The fraction of sp³-hybridized carbons (Fsp3) is 0.400. The fourth-order valence-corrected chi connectivity index (χ4v) is 5.31. The molecule has 1 aliphatic carbocycles. The van der Waals surface area contributed by atoms with Gasteiger partial charge in [-0.3, -0.25) is 0 Å². The number of nitrogens with one attached hydrogen (secondary N) is 1. The van der Waals surface area contributed by atoms with E-state index in [1.165, 1.54) is 29.3 Å². The number of halogens is 2. The number of nitrogens with zero attached hydrogens (tertiary/aromatic N) is 3. The van der Waals surface area contributed by atoms with E-state index < -0.39 is 0 Å². The molecule has 142 valence electrons. The van der Waals surface area contributed by atoms with Crippen molar-refractivity contribution in [3.05, 3.63) is 51.4 Å². The number of benzene rings is 1. The van der Waals surface area contributed by atoms with Crippen molar-refractivity contribution >= 4 is 39.0 Å². The smallest absolute Gasteiger partial charge is 0.138 e. The van der Waals surface area contributed by atoms with Crippen LogP contribution in [0.2, 0.25) is 5.02 Å². The zero-order valence-corrected chi connectivity index (χ0v) is 17.0. The molecule has 0 unspecified atom stereocenters. The van der Waals surface area contributed by atoms with E-state index in [2.05, 4.69) is 15.3 Å². The van der Waals surface area contributed by atoms with E-state index in [1.54, 1.807) is 29.8 Å². The van der Waals surface area contributed by atoms with E-state index in [-0.39, 0.29) is 11.9 Å². The largest absolute Gasteiger partial charge is 0.367 e. The summed E-state index contributed by atoms with van der Waals surface area (Å²) in [6, 6.07) is 4.61. The molecule has 0 saturated carbocycles. The predicted molar refractivity (Wildman–Crippen MR) is 110 cm³/mol. The summed E-state index contributed by atoms with van der Waals surface area (Å²) in [6.07, 6.45) is 6.25. The Morgan fingerprint density at radius 3 is 2.85 bits per heavy atom. The van der Waals surface area contributed by atoms with Crippen molar-refractivity contribution in [2.24, 2.45) is 0 Å². The van der Waals surface area contributed by atoms with Crippen LogP contribution in [-0.4, -0.2) is 35.5 Å². The summed E-state index contributed by atoms with van der Waals surface area (Å²) >= 11 is 8.08. The summed E-state index contributed by atoms with van der Waals surface area (Å²) in [4.78, 5) is 13.4. The van der Waals surface area contributed by atoms with E-state index in [0.29, 0.717) is 17.1 Å². The molecule has 1 aliphatic rings. The minimum absolute atomic E-state index is 0.210. The van der Waals surface area contributed by atoms with Crippen molar-refractivity contribution in [2.45, 2.75) is 31.7 Å². The van der Waals surface area contributed by atoms with Crippen molar-refractivity contribution in [1.82, 2.24) is 14.9 Å². The molecular formula is C20H22ClFN4S. The predicted octanol–water partition coefficient (Wildman–Crippen LogP) is 5.08. The molecule has 1 N–H and O–H groups in total. The van der Waals surface area contributed by atoms with Crippen molar-refractivity contribution in [3.8, 4) is 0 Å². The van der Waals surface area contributed by atoms with Gasteiger partial charge in [-0.05, 0) is 57.5 Å². The monoisotopic (exact) mass is 404 g/mol. The van der Waals surface area contributed by atoms with Gasteiger partial charge in [-0.15, -0.1) is 11.3 Å². The Hall–Kier alpha value is -1.76. The second kappa shape index (κ2) is 7.70. The third-order valence-electron chi connectivity index (χ3n) is 5.17. The number of aromatic nitrogens is 2. The van der Waals surface area contributed by atoms with Crippen LogP contribution in [0.25, 0.3) is 10.2 Å². The average molecular weight is 405 g/mol. The number of thiophene rings is 1. The van der Waals surface area contributed by atoms with E-state index in [1.807, 2.05) is 19.0 Å². The van der Waals surface area contributed by atoms with Crippen molar-refractivity contribution in [2.75, 3.05) is 26.0 Å². The van der Waals surface area contributed by atoms with Crippen LogP contribution >= 0.6 is 22.9 Å². The number of fused-ring (bicyclic) bond motifs is 3. The molecule has 0 aliphatic heterocycles. The molecule has 4 rings (SSSR count). The summed E-state index contributed by atoms with van der Waals surface area (Å²) in [6.45, 7) is 0.504. The van der Waals surface area contributed by atoms with Crippen LogP contribution in [-0.2, 0) is 12.8 Å². The zero-order chi connectivity index (χ0) is 19.0. The maximum absolute atomic E-state index is 14.5. The van der Waals surface area contributed by atoms with E-state index >= 15 is 0 Å². The number of anilines is 1. The lowest BCUT2D eigenvalue weighted by Gasteiger charge is -2.26. The molecule has 0 radical (unpaired) electrons. The van der Waals surface area contributed by atoms with Crippen LogP contribution in [0, 0.1) is 5.82 Å². The van der Waals surface area contributed by atoms with Gasteiger partial charge in [-0.2, -0.15) is 0 Å². The molecule has 1 aromatic carbocycles. The molecule has 4 nitrogen and oxygen atoms in total. The molecule has 0 spiro atoms. The Morgan fingerprint density at radius 1 is 1.26 bits per heavy atom. The molecule has 0 bridgehead atoms. The van der Waals surface area contributed by atoms with Gasteiger partial charge < -0.3 is 10.2 Å². The SMILES string of the molecule is CN(C)[C@H](CNc1ncnc2sc3c(c12)CCCC3)c1c(F)cccc1Cl. The van der Waals surface area contributed by atoms with E-state index in [4.69, 9.17) is 11.6 Å². The Balaban J connectivity index is 1.67. The Kier molecular flexibility index (Phi) is 5.30. The highest BCUT2D eigenvalue weighted by Gasteiger charge is 2.23. The summed E-state index contributed by atoms with van der Waals surface area (Å²) in [7, 11) is 3.86. The number of aryl methyl sites for hydroxylation is 2. The van der Waals surface area contributed by atoms with Crippen molar-refractivity contribution in [3.63, 3.8) is 0 Å². The maximum atomic E-state index is 14.5. The lowest BCUT2D eigenvalue weighted by atomic mass is 9.97. The lowest BCUT2D eigenvalue weighted by Crippen LogP contribution is -2.28. The van der Waals surface area contributed by atoms with Crippen LogP contribution in [0.3, 0.4) is 0 Å². The first kappa shape index (κ1) is 18.6. The van der Waals surface area contributed by atoms with Gasteiger partial charge in [0.05, 0.1) is 11.4 Å². The molecule has 7 heteroatoms. The summed E-state index contributed by atoms with van der Waals surface area (Å²) in [5.41, 5.74) is 1.89. The quantitative estimate of drug-likeness (QED) is 0.644. The first-order chi connectivity index (χ1) is 13.1. The Labute approximate surface area is 167 Å². The highest BCUT2D eigenvalue weighted by molar-refractivity contribution is 7.19. The summed E-state index contributed by atoms with van der Waals surface area (Å²) in [5.74, 6) is 0.544. The summed E-state index contributed by atoms with van der Waals surface area (Å²) in [5, 5.41) is 5.02. The highest BCUT2D eigenvalue weighted by Crippen LogP contribution is 2.38.